The molecule has 1 N–H and O–H groups in total. The molecule has 0 aliphatic heterocycles. The fraction of sp³-hybridized carbons (Fsp3) is 0.212. The predicted molar refractivity (Wildman–Crippen MR) is 165 cm³/mol. The van der Waals surface area contributed by atoms with Crippen LogP contribution in [0.3, 0.4) is 0 Å². The molecule has 216 valence electrons. The van der Waals surface area contributed by atoms with Crippen LogP contribution in [0.5, 0.6) is 17.2 Å². The maximum atomic E-state index is 13.3. The van der Waals surface area contributed by atoms with Crippen LogP contribution in [0.2, 0.25) is 0 Å². The maximum absolute atomic E-state index is 13.3. The summed E-state index contributed by atoms with van der Waals surface area (Å²) in [5.74, 6) is 1.85. The van der Waals surface area contributed by atoms with E-state index in [4.69, 9.17) is 9.47 Å². The molecule has 42 heavy (non-hydrogen) atoms. The topological polar surface area (TPSA) is 96.9 Å². The number of aromatic nitrogens is 2. The summed E-state index contributed by atoms with van der Waals surface area (Å²) in [6.07, 6.45) is 3.08. The monoisotopic (exact) mass is 565 g/mol. The van der Waals surface area contributed by atoms with Gasteiger partial charge >= 0.3 is 0 Å². The standard InChI is InChI=1S/C33H35N5O4/c1-6-32(39)36-28-20-24(30(41-5)22-29(28)38(4)19-18-37(2)3)21-31-34-17-16-27(35-31)33(40)23-12-14-26(15-13-23)42-25-10-8-7-9-11-25/h6-17,20,22H,1,18-19,21H2,2-5H3,(H,36,39). The lowest BCUT2D eigenvalue weighted by Gasteiger charge is -2.25. The largest absolute Gasteiger partial charge is 0.496 e. The number of likely N-dealkylation sites (N-methyl/N-ethyl adjacent to an activating group) is 2. The van der Waals surface area contributed by atoms with E-state index in [-0.39, 0.29) is 23.8 Å². The summed E-state index contributed by atoms with van der Waals surface area (Å²) in [6, 6.07) is 21.7. The van der Waals surface area contributed by atoms with Crippen LogP contribution in [-0.4, -0.2) is 67.9 Å². The molecule has 9 heteroatoms. The van der Waals surface area contributed by atoms with Crippen molar-refractivity contribution < 1.29 is 19.1 Å². The molecule has 1 heterocycles. The molecule has 0 aliphatic carbocycles. The molecule has 4 aromatic rings. The Morgan fingerprint density at radius 2 is 1.67 bits per heavy atom. The van der Waals surface area contributed by atoms with Crippen molar-refractivity contribution in [2.75, 3.05) is 51.6 Å². The molecule has 1 aromatic heterocycles. The first-order valence-electron chi connectivity index (χ1n) is 13.5. The van der Waals surface area contributed by atoms with E-state index in [9.17, 15) is 9.59 Å². The van der Waals surface area contributed by atoms with Gasteiger partial charge in [0.15, 0.2) is 0 Å². The van der Waals surface area contributed by atoms with Gasteiger partial charge in [0.25, 0.3) is 0 Å². The minimum Gasteiger partial charge on any atom is -0.496 e. The summed E-state index contributed by atoms with van der Waals surface area (Å²) in [5.41, 5.74) is 2.93. The van der Waals surface area contributed by atoms with E-state index in [1.54, 1.807) is 43.6 Å². The maximum Gasteiger partial charge on any atom is 0.247 e. The number of methoxy groups -OCH3 is 1. The summed E-state index contributed by atoms with van der Waals surface area (Å²) in [4.78, 5) is 38.6. The molecular formula is C33H35N5O4. The lowest BCUT2D eigenvalue weighted by atomic mass is 10.1. The highest BCUT2D eigenvalue weighted by molar-refractivity contribution is 6.07. The van der Waals surface area contributed by atoms with Crippen LogP contribution >= 0.6 is 0 Å². The lowest BCUT2D eigenvalue weighted by molar-refractivity contribution is -0.111. The van der Waals surface area contributed by atoms with Gasteiger partial charge in [-0.3, -0.25) is 9.59 Å². The third kappa shape index (κ3) is 7.80. The minimum absolute atomic E-state index is 0.228. The minimum atomic E-state index is -0.322. The number of ketones is 1. The van der Waals surface area contributed by atoms with Gasteiger partial charge in [-0.2, -0.15) is 0 Å². The molecule has 0 bridgehead atoms. The molecule has 0 radical (unpaired) electrons. The van der Waals surface area contributed by atoms with Crippen LogP contribution in [0.25, 0.3) is 0 Å². The van der Waals surface area contributed by atoms with E-state index in [1.807, 2.05) is 63.6 Å². The van der Waals surface area contributed by atoms with E-state index in [0.29, 0.717) is 34.3 Å². The normalized spacial score (nSPS) is 10.7. The van der Waals surface area contributed by atoms with Crippen LogP contribution in [0.4, 0.5) is 11.4 Å². The third-order valence-electron chi connectivity index (χ3n) is 6.52. The molecule has 4 rings (SSSR count). The molecule has 3 aromatic carbocycles. The Labute approximate surface area is 246 Å². The number of rotatable bonds is 13. The lowest BCUT2D eigenvalue weighted by Crippen LogP contribution is -2.29. The van der Waals surface area contributed by atoms with E-state index in [1.165, 1.54) is 6.08 Å². The number of anilines is 2. The average Bonchev–Trinajstić information content (AvgIpc) is 3.00. The Morgan fingerprint density at radius 3 is 2.33 bits per heavy atom. The molecule has 0 aliphatic rings. The molecule has 0 saturated carbocycles. The van der Waals surface area contributed by atoms with E-state index in [2.05, 4.69) is 31.7 Å². The van der Waals surface area contributed by atoms with Crippen molar-refractivity contribution >= 4 is 23.1 Å². The highest BCUT2D eigenvalue weighted by Crippen LogP contribution is 2.34. The zero-order valence-electron chi connectivity index (χ0n) is 24.3. The number of ether oxygens (including phenoxy) is 2. The highest BCUT2D eigenvalue weighted by Gasteiger charge is 2.18. The second-order valence-electron chi connectivity index (χ2n) is 9.90. The van der Waals surface area contributed by atoms with Crippen molar-refractivity contribution in [2.45, 2.75) is 6.42 Å². The third-order valence-corrected chi connectivity index (χ3v) is 6.52. The molecule has 0 fully saturated rings. The number of hydrogen-bond donors (Lipinski definition) is 1. The summed E-state index contributed by atoms with van der Waals surface area (Å²) < 4.78 is 11.5. The van der Waals surface area contributed by atoms with Gasteiger partial charge in [0, 0.05) is 49.9 Å². The van der Waals surface area contributed by atoms with Gasteiger partial charge in [0.1, 0.15) is 28.8 Å². The van der Waals surface area contributed by atoms with Gasteiger partial charge in [-0.05, 0) is 68.7 Å². The SMILES string of the molecule is C=CC(=O)Nc1cc(Cc2nccc(C(=O)c3ccc(Oc4ccccc4)cc3)n2)c(OC)cc1N(C)CCN(C)C. The van der Waals surface area contributed by atoms with Crippen LogP contribution in [0.1, 0.15) is 27.4 Å². The molecule has 0 saturated heterocycles. The molecule has 0 atom stereocenters. The Balaban J connectivity index is 1.57. The van der Waals surface area contributed by atoms with Crippen molar-refractivity contribution in [3.8, 4) is 17.2 Å². The van der Waals surface area contributed by atoms with Crippen LogP contribution in [0, 0.1) is 0 Å². The van der Waals surface area contributed by atoms with Gasteiger partial charge in [0.05, 0.1) is 18.5 Å². The first-order valence-corrected chi connectivity index (χ1v) is 13.5. The Bertz CT molecular complexity index is 1540. The van der Waals surface area contributed by atoms with Crippen LogP contribution in [-0.2, 0) is 11.2 Å². The number of nitrogens with one attached hydrogen (secondary N) is 1. The Morgan fingerprint density at radius 1 is 0.952 bits per heavy atom. The van der Waals surface area contributed by atoms with Crippen molar-refractivity contribution in [2.24, 2.45) is 0 Å². The quantitative estimate of drug-likeness (QED) is 0.174. The first kappa shape index (κ1) is 30.0. The number of benzene rings is 3. The number of amides is 1. The summed E-state index contributed by atoms with van der Waals surface area (Å²) >= 11 is 0. The van der Waals surface area contributed by atoms with Crippen molar-refractivity contribution in [1.82, 2.24) is 14.9 Å². The van der Waals surface area contributed by atoms with Crippen LogP contribution in [0.15, 0.2) is 91.6 Å². The molecular weight excluding hydrogens is 530 g/mol. The highest BCUT2D eigenvalue weighted by atomic mass is 16.5. The van der Waals surface area contributed by atoms with E-state index < -0.39 is 0 Å². The van der Waals surface area contributed by atoms with Crippen molar-refractivity contribution in [3.63, 3.8) is 0 Å². The zero-order valence-corrected chi connectivity index (χ0v) is 24.3. The molecule has 1 amide bonds. The van der Waals surface area contributed by atoms with Crippen molar-refractivity contribution in [1.29, 1.82) is 0 Å². The van der Waals surface area contributed by atoms with Gasteiger partial charge in [-0.1, -0.05) is 24.8 Å². The smallest absolute Gasteiger partial charge is 0.247 e. The van der Waals surface area contributed by atoms with Gasteiger partial charge < -0.3 is 24.6 Å². The number of nitrogens with zero attached hydrogens (tertiary/aromatic N) is 4. The first-order chi connectivity index (χ1) is 20.3. The molecule has 0 unspecified atom stereocenters. The summed E-state index contributed by atoms with van der Waals surface area (Å²) in [6.45, 7) is 5.13. The number of hydrogen-bond acceptors (Lipinski definition) is 8. The zero-order chi connectivity index (χ0) is 30.1. The fourth-order valence-electron chi connectivity index (χ4n) is 4.24. The number of para-hydroxylation sites is 1. The van der Waals surface area contributed by atoms with Crippen LogP contribution < -0.4 is 19.7 Å². The average molecular weight is 566 g/mol. The second-order valence-corrected chi connectivity index (χ2v) is 9.90. The van der Waals surface area contributed by atoms with E-state index in [0.717, 1.165) is 24.3 Å². The van der Waals surface area contributed by atoms with Gasteiger partial charge in [0.2, 0.25) is 11.7 Å². The Hall–Kier alpha value is -5.02. The number of carbonyl (C=O) groups excluding carboxylic acids is 2. The second kappa shape index (κ2) is 14.0. The molecule has 0 spiro atoms. The van der Waals surface area contributed by atoms with E-state index >= 15 is 0 Å². The number of carbonyl (C=O) groups is 2. The Kier molecular flexibility index (Phi) is 10.0. The van der Waals surface area contributed by atoms with Crippen molar-refractivity contribution in [3.05, 3.63) is 114 Å². The fourth-order valence-corrected chi connectivity index (χ4v) is 4.24. The van der Waals surface area contributed by atoms with Gasteiger partial charge in [-0.15, -0.1) is 0 Å². The van der Waals surface area contributed by atoms with Gasteiger partial charge in [-0.25, -0.2) is 9.97 Å². The predicted octanol–water partition coefficient (Wildman–Crippen LogP) is 5.22. The summed E-state index contributed by atoms with van der Waals surface area (Å²) in [7, 11) is 7.56. The summed E-state index contributed by atoms with van der Waals surface area (Å²) in [5, 5.41) is 2.90. The molecule has 9 nitrogen and oxygen atoms in total.